The molecule has 2 aliphatic rings. The van der Waals surface area contributed by atoms with Crippen molar-refractivity contribution in [2.45, 2.75) is 38.1 Å². The van der Waals surface area contributed by atoms with Gasteiger partial charge in [0.25, 0.3) is 5.56 Å². The highest BCUT2D eigenvalue weighted by atomic mass is 16.5. The zero-order valence-electron chi connectivity index (χ0n) is 10.1. The predicted molar refractivity (Wildman–Crippen MR) is 61.6 cm³/mol. The van der Waals surface area contributed by atoms with E-state index in [1.165, 1.54) is 4.57 Å². The van der Waals surface area contributed by atoms with Crippen LogP contribution in [0, 0.1) is 0 Å². The molecule has 0 unspecified atom stereocenters. The minimum atomic E-state index is -0.738. The smallest absolute Gasteiger partial charge is 0.361 e. The van der Waals surface area contributed by atoms with E-state index >= 15 is 0 Å². The van der Waals surface area contributed by atoms with Gasteiger partial charge in [-0.25, -0.2) is 9.78 Å². The standard InChI is InChI=1S/C12H14N2O4/c1-2-18-10(17)7-8(15)9(16)14-6-5-12(3-4-12)11(14)13-7/h15H,2-6H2,1H3. The number of carbonyl (C=O) groups excluding carboxylic acids is 1. The Morgan fingerprint density at radius 1 is 1.50 bits per heavy atom. The van der Waals surface area contributed by atoms with Gasteiger partial charge in [0.15, 0.2) is 5.69 Å². The molecule has 0 bridgehead atoms. The van der Waals surface area contributed by atoms with E-state index in [1.807, 2.05) is 0 Å². The Balaban J connectivity index is 2.15. The van der Waals surface area contributed by atoms with Crippen molar-refractivity contribution in [3.63, 3.8) is 0 Å². The number of carbonyl (C=O) groups is 1. The largest absolute Gasteiger partial charge is 0.501 e. The Bertz CT molecular complexity index is 586. The van der Waals surface area contributed by atoms with Gasteiger partial charge in [-0.05, 0) is 26.2 Å². The van der Waals surface area contributed by atoms with Gasteiger partial charge in [-0.1, -0.05) is 0 Å². The summed E-state index contributed by atoms with van der Waals surface area (Å²) in [6, 6.07) is 0. The predicted octanol–water partition coefficient (Wildman–Crippen LogP) is 0.561. The van der Waals surface area contributed by atoms with E-state index in [-0.39, 0.29) is 17.7 Å². The number of hydrogen-bond acceptors (Lipinski definition) is 5. The van der Waals surface area contributed by atoms with E-state index < -0.39 is 17.3 Å². The van der Waals surface area contributed by atoms with E-state index in [2.05, 4.69) is 4.98 Å². The summed E-state index contributed by atoms with van der Waals surface area (Å²) < 4.78 is 6.28. The van der Waals surface area contributed by atoms with Gasteiger partial charge >= 0.3 is 5.97 Å². The Labute approximate surface area is 103 Å². The fraction of sp³-hybridized carbons (Fsp3) is 0.583. The van der Waals surface area contributed by atoms with E-state index in [0.29, 0.717) is 12.4 Å². The van der Waals surface area contributed by atoms with Gasteiger partial charge in [-0.3, -0.25) is 9.36 Å². The monoisotopic (exact) mass is 250 g/mol. The Morgan fingerprint density at radius 3 is 2.83 bits per heavy atom. The molecule has 0 aromatic carbocycles. The van der Waals surface area contributed by atoms with Crippen molar-refractivity contribution >= 4 is 5.97 Å². The Kier molecular flexibility index (Phi) is 2.23. The van der Waals surface area contributed by atoms with Crippen molar-refractivity contribution in [3.8, 4) is 5.75 Å². The molecule has 1 aromatic rings. The number of fused-ring (bicyclic) bond motifs is 2. The maximum absolute atomic E-state index is 12.0. The van der Waals surface area contributed by atoms with Crippen molar-refractivity contribution in [3.05, 3.63) is 21.9 Å². The van der Waals surface area contributed by atoms with E-state index in [9.17, 15) is 14.7 Å². The molecular weight excluding hydrogens is 236 g/mol. The minimum Gasteiger partial charge on any atom is -0.501 e. The molecule has 6 heteroatoms. The first-order valence-corrected chi connectivity index (χ1v) is 6.10. The zero-order valence-corrected chi connectivity index (χ0v) is 10.1. The summed E-state index contributed by atoms with van der Waals surface area (Å²) in [7, 11) is 0. The van der Waals surface area contributed by atoms with Crippen molar-refractivity contribution in [1.29, 1.82) is 0 Å². The first-order chi connectivity index (χ1) is 8.59. The molecular formula is C12H14N2O4. The van der Waals surface area contributed by atoms with Crippen LogP contribution in [0.2, 0.25) is 0 Å². The third-order valence-corrected chi connectivity index (χ3v) is 3.76. The van der Waals surface area contributed by atoms with Gasteiger partial charge in [0.2, 0.25) is 5.75 Å². The molecule has 1 aliphatic heterocycles. The maximum Gasteiger partial charge on any atom is 0.361 e. The number of rotatable bonds is 2. The van der Waals surface area contributed by atoms with Gasteiger partial charge < -0.3 is 9.84 Å². The fourth-order valence-corrected chi connectivity index (χ4v) is 2.56. The Morgan fingerprint density at radius 2 is 2.22 bits per heavy atom. The lowest BCUT2D eigenvalue weighted by atomic mass is 10.1. The molecule has 1 aromatic heterocycles. The maximum atomic E-state index is 12.0. The molecule has 1 fully saturated rings. The van der Waals surface area contributed by atoms with Crippen LogP contribution in [0.25, 0.3) is 0 Å². The number of esters is 1. The molecule has 1 spiro atoms. The topological polar surface area (TPSA) is 81.4 Å². The van der Waals surface area contributed by atoms with Gasteiger partial charge in [0.1, 0.15) is 5.82 Å². The minimum absolute atomic E-state index is 0.0336. The lowest BCUT2D eigenvalue weighted by molar-refractivity contribution is 0.0514. The number of aromatic nitrogens is 2. The molecule has 1 aliphatic carbocycles. The van der Waals surface area contributed by atoms with Crippen molar-refractivity contribution in [2.75, 3.05) is 6.61 Å². The van der Waals surface area contributed by atoms with E-state index in [4.69, 9.17) is 4.74 Å². The van der Waals surface area contributed by atoms with Gasteiger partial charge in [-0.15, -0.1) is 0 Å². The first kappa shape index (κ1) is 11.3. The van der Waals surface area contributed by atoms with Crippen LogP contribution in [0.3, 0.4) is 0 Å². The summed E-state index contributed by atoms with van der Waals surface area (Å²) in [4.78, 5) is 27.8. The number of nitrogens with zero attached hydrogens (tertiary/aromatic N) is 2. The molecule has 6 nitrogen and oxygen atoms in total. The highest BCUT2D eigenvalue weighted by Gasteiger charge is 2.51. The highest BCUT2D eigenvalue weighted by molar-refractivity contribution is 5.90. The average Bonchev–Trinajstić information content (AvgIpc) is 3.02. The molecule has 0 atom stereocenters. The van der Waals surface area contributed by atoms with Gasteiger partial charge in [0.05, 0.1) is 6.61 Å². The summed E-state index contributed by atoms with van der Waals surface area (Å²) in [5.74, 6) is -0.707. The van der Waals surface area contributed by atoms with Crippen LogP contribution < -0.4 is 5.56 Å². The molecule has 96 valence electrons. The lowest BCUT2D eigenvalue weighted by Gasteiger charge is -2.10. The second-order valence-electron chi connectivity index (χ2n) is 4.84. The number of aromatic hydroxyl groups is 1. The van der Waals surface area contributed by atoms with Crippen molar-refractivity contribution in [2.24, 2.45) is 0 Å². The molecule has 1 N–H and O–H groups in total. The van der Waals surface area contributed by atoms with Crippen LogP contribution in [0.5, 0.6) is 5.75 Å². The average molecular weight is 250 g/mol. The lowest BCUT2D eigenvalue weighted by Crippen LogP contribution is -2.25. The van der Waals surface area contributed by atoms with Crippen LogP contribution in [0.15, 0.2) is 4.79 Å². The number of hydrogen-bond donors (Lipinski definition) is 1. The third kappa shape index (κ3) is 1.38. The Hall–Kier alpha value is -1.85. The molecule has 0 radical (unpaired) electrons. The van der Waals surface area contributed by atoms with E-state index in [1.54, 1.807) is 6.92 Å². The molecule has 1 saturated carbocycles. The third-order valence-electron chi connectivity index (χ3n) is 3.76. The molecule has 2 heterocycles. The van der Waals surface area contributed by atoms with Crippen molar-refractivity contribution < 1.29 is 14.6 Å². The quantitative estimate of drug-likeness (QED) is 0.776. The van der Waals surface area contributed by atoms with Crippen LogP contribution in [-0.4, -0.2) is 27.2 Å². The second-order valence-corrected chi connectivity index (χ2v) is 4.84. The SMILES string of the molecule is CCOC(=O)c1nc2n(c(=O)c1O)CCC21CC1. The van der Waals surface area contributed by atoms with Crippen molar-refractivity contribution in [1.82, 2.24) is 9.55 Å². The fourth-order valence-electron chi connectivity index (χ4n) is 2.56. The van der Waals surface area contributed by atoms with Gasteiger partial charge in [0, 0.05) is 12.0 Å². The second kappa shape index (κ2) is 3.57. The zero-order chi connectivity index (χ0) is 12.9. The van der Waals surface area contributed by atoms with E-state index in [0.717, 1.165) is 19.3 Å². The summed E-state index contributed by atoms with van der Waals surface area (Å²) >= 11 is 0. The summed E-state index contributed by atoms with van der Waals surface area (Å²) in [6.45, 7) is 2.42. The molecule has 0 saturated heterocycles. The number of ether oxygens (including phenoxy) is 1. The van der Waals surface area contributed by atoms with Gasteiger partial charge in [-0.2, -0.15) is 0 Å². The summed E-state index contributed by atoms with van der Waals surface area (Å²) in [5, 5.41) is 9.75. The molecule has 18 heavy (non-hydrogen) atoms. The van der Waals surface area contributed by atoms with Crippen LogP contribution in [0.4, 0.5) is 0 Å². The molecule has 0 amide bonds. The first-order valence-electron chi connectivity index (χ1n) is 6.10. The molecule has 3 rings (SSSR count). The summed E-state index contributed by atoms with van der Waals surface area (Å²) in [6.07, 6.45) is 2.85. The van der Waals surface area contributed by atoms with Crippen LogP contribution >= 0.6 is 0 Å². The normalized spacial score (nSPS) is 18.7. The summed E-state index contributed by atoms with van der Waals surface area (Å²) in [5.41, 5.74) is -0.818. The van der Waals surface area contributed by atoms with Crippen LogP contribution in [0.1, 0.15) is 42.5 Å². The highest BCUT2D eigenvalue weighted by Crippen LogP contribution is 2.53. The van der Waals surface area contributed by atoms with Crippen LogP contribution in [-0.2, 0) is 16.7 Å².